The molecule has 0 bridgehead atoms. The van der Waals surface area contributed by atoms with E-state index in [2.05, 4.69) is 20.8 Å². The highest BCUT2D eigenvalue weighted by Crippen LogP contribution is 2.34. The van der Waals surface area contributed by atoms with Crippen molar-refractivity contribution in [2.75, 3.05) is 32.4 Å². The van der Waals surface area contributed by atoms with Crippen molar-refractivity contribution in [1.82, 2.24) is 15.5 Å². The average Bonchev–Trinajstić information content (AvgIpc) is 3.12. The molecule has 0 amide bonds. The number of benzene rings is 1. The standard InChI is InChI=1S/C13H16N4O4/c1-18-5-4-14-7-12-16-17-13(21-12)15-9-2-3-10-11(6-9)20-8-19-10/h2-3,6,14H,4-5,7-8H2,1H3,(H,15,17). The summed E-state index contributed by atoms with van der Waals surface area (Å²) in [5.74, 6) is 1.93. The maximum Gasteiger partial charge on any atom is 0.320 e. The Morgan fingerprint density at radius 2 is 2.14 bits per heavy atom. The topological polar surface area (TPSA) is 90.7 Å². The van der Waals surface area contributed by atoms with E-state index in [0.29, 0.717) is 30.8 Å². The number of rotatable bonds is 7. The summed E-state index contributed by atoms with van der Waals surface area (Å²) in [6.45, 7) is 2.11. The lowest BCUT2D eigenvalue weighted by atomic mass is 10.3. The van der Waals surface area contributed by atoms with E-state index in [0.717, 1.165) is 18.0 Å². The van der Waals surface area contributed by atoms with Gasteiger partial charge in [0.1, 0.15) is 0 Å². The Hall–Kier alpha value is -2.32. The summed E-state index contributed by atoms with van der Waals surface area (Å²) in [6.07, 6.45) is 0. The zero-order valence-corrected chi connectivity index (χ0v) is 11.6. The molecule has 112 valence electrons. The molecule has 8 nitrogen and oxygen atoms in total. The van der Waals surface area contributed by atoms with E-state index in [1.807, 2.05) is 18.2 Å². The number of ether oxygens (including phenoxy) is 3. The molecule has 1 aliphatic heterocycles. The van der Waals surface area contributed by atoms with Gasteiger partial charge in [-0.25, -0.2) is 0 Å². The van der Waals surface area contributed by atoms with Crippen LogP contribution in [-0.4, -0.2) is 37.3 Å². The summed E-state index contributed by atoms with van der Waals surface area (Å²) < 4.78 is 21.0. The van der Waals surface area contributed by atoms with E-state index in [4.69, 9.17) is 18.6 Å². The number of nitrogens with zero attached hydrogens (tertiary/aromatic N) is 2. The number of hydrogen-bond acceptors (Lipinski definition) is 8. The molecule has 21 heavy (non-hydrogen) atoms. The van der Waals surface area contributed by atoms with Gasteiger partial charge in [0.25, 0.3) is 0 Å². The van der Waals surface area contributed by atoms with Gasteiger partial charge in [-0.15, -0.1) is 5.10 Å². The summed E-state index contributed by atoms with van der Waals surface area (Å²) in [5.41, 5.74) is 0.793. The van der Waals surface area contributed by atoms with Crippen LogP contribution in [0.3, 0.4) is 0 Å². The van der Waals surface area contributed by atoms with Gasteiger partial charge in [-0.05, 0) is 12.1 Å². The van der Waals surface area contributed by atoms with E-state index in [1.165, 1.54) is 0 Å². The number of methoxy groups -OCH3 is 1. The molecule has 3 rings (SSSR count). The van der Waals surface area contributed by atoms with E-state index < -0.39 is 0 Å². The molecule has 0 fully saturated rings. The Bertz CT molecular complexity index is 602. The number of fused-ring (bicyclic) bond motifs is 1. The summed E-state index contributed by atoms with van der Waals surface area (Å²) in [4.78, 5) is 0. The lowest BCUT2D eigenvalue weighted by Gasteiger charge is -2.02. The summed E-state index contributed by atoms with van der Waals surface area (Å²) in [7, 11) is 1.65. The van der Waals surface area contributed by atoms with Crippen LogP contribution >= 0.6 is 0 Å². The fraction of sp³-hybridized carbons (Fsp3) is 0.385. The Balaban J connectivity index is 1.57. The van der Waals surface area contributed by atoms with Crippen LogP contribution in [0.4, 0.5) is 11.7 Å². The van der Waals surface area contributed by atoms with Crippen LogP contribution in [-0.2, 0) is 11.3 Å². The van der Waals surface area contributed by atoms with Gasteiger partial charge in [0.15, 0.2) is 11.5 Å². The zero-order chi connectivity index (χ0) is 14.5. The summed E-state index contributed by atoms with van der Waals surface area (Å²) >= 11 is 0. The zero-order valence-electron chi connectivity index (χ0n) is 11.6. The minimum absolute atomic E-state index is 0.247. The monoisotopic (exact) mass is 292 g/mol. The van der Waals surface area contributed by atoms with Crippen molar-refractivity contribution in [1.29, 1.82) is 0 Å². The molecule has 8 heteroatoms. The van der Waals surface area contributed by atoms with E-state index >= 15 is 0 Å². The third kappa shape index (κ3) is 3.41. The molecule has 2 aromatic rings. The quantitative estimate of drug-likeness (QED) is 0.737. The SMILES string of the molecule is COCCNCc1nnc(Nc2ccc3c(c2)OCO3)o1. The van der Waals surface area contributed by atoms with Crippen molar-refractivity contribution >= 4 is 11.7 Å². The second kappa shape index (κ2) is 6.42. The normalized spacial score (nSPS) is 12.6. The van der Waals surface area contributed by atoms with Crippen molar-refractivity contribution in [3.63, 3.8) is 0 Å². The van der Waals surface area contributed by atoms with Crippen molar-refractivity contribution < 1.29 is 18.6 Å². The van der Waals surface area contributed by atoms with Gasteiger partial charge in [0.2, 0.25) is 12.7 Å². The molecule has 1 aromatic carbocycles. The van der Waals surface area contributed by atoms with Crippen LogP contribution in [0.1, 0.15) is 5.89 Å². The number of nitrogens with one attached hydrogen (secondary N) is 2. The van der Waals surface area contributed by atoms with Gasteiger partial charge >= 0.3 is 6.01 Å². The summed E-state index contributed by atoms with van der Waals surface area (Å²) in [5, 5.41) is 14.0. The fourth-order valence-corrected chi connectivity index (χ4v) is 1.84. The predicted octanol–water partition coefficient (Wildman–Crippen LogP) is 1.28. The molecule has 2 heterocycles. The predicted molar refractivity (Wildman–Crippen MR) is 73.7 cm³/mol. The van der Waals surface area contributed by atoms with Gasteiger partial charge in [0, 0.05) is 25.4 Å². The molecule has 1 aliphatic rings. The van der Waals surface area contributed by atoms with E-state index in [1.54, 1.807) is 7.11 Å². The van der Waals surface area contributed by atoms with Crippen LogP contribution in [0.2, 0.25) is 0 Å². The van der Waals surface area contributed by atoms with Crippen LogP contribution in [0.25, 0.3) is 0 Å². The van der Waals surface area contributed by atoms with Gasteiger partial charge in [-0.1, -0.05) is 5.10 Å². The minimum atomic E-state index is 0.247. The highest BCUT2D eigenvalue weighted by Gasteiger charge is 2.14. The maximum absolute atomic E-state index is 5.48. The molecule has 1 aromatic heterocycles. The molecule has 0 aliphatic carbocycles. The highest BCUT2D eigenvalue weighted by molar-refractivity contribution is 5.59. The summed E-state index contributed by atoms with van der Waals surface area (Å²) in [6, 6.07) is 5.84. The van der Waals surface area contributed by atoms with E-state index in [9.17, 15) is 0 Å². The first kappa shape index (κ1) is 13.7. The lowest BCUT2D eigenvalue weighted by Crippen LogP contribution is -2.18. The fourth-order valence-electron chi connectivity index (χ4n) is 1.84. The van der Waals surface area contributed by atoms with Crippen molar-refractivity contribution in [3.05, 3.63) is 24.1 Å². The highest BCUT2D eigenvalue weighted by atomic mass is 16.7. The maximum atomic E-state index is 5.48. The molecule has 0 saturated heterocycles. The van der Waals surface area contributed by atoms with Crippen LogP contribution in [0.5, 0.6) is 11.5 Å². The van der Waals surface area contributed by atoms with Gasteiger partial charge in [-0.3, -0.25) is 0 Å². The van der Waals surface area contributed by atoms with Crippen molar-refractivity contribution in [3.8, 4) is 11.5 Å². The molecule has 0 radical (unpaired) electrons. The second-order valence-electron chi connectivity index (χ2n) is 4.36. The van der Waals surface area contributed by atoms with Crippen LogP contribution in [0, 0.1) is 0 Å². The molecule has 2 N–H and O–H groups in total. The Labute approximate surface area is 121 Å². The molecular formula is C13H16N4O4. The van der Waals surface area contributed by atoms with E-state index in [-0.39, 0.29) is 6.79 Å². The number of anilines is 2. The molecule has 0 spiro atoms. The third-order valence-electron chi connectivity index (χ3n) is 2.85. The largest absolute Gasteiger partial charge is 0.454 e. The number of hydrogen-bond donors (Lipinski definition) is 2. The molecule has 0 saturated carbocycles. The van der Waals surface area contributed by atoms with Crippen LogP contribution < -0.4 is 20.1 Å². The first-order valence-corrected chi connectivity index (χ1v) is 6.54. The third-order valence-corrected chi connectivity index (χ3v) is 2.85. The Kier molecular flexibility index (Phi) is 4.17. The second-order valence-corrected chi connectivity index (χ2v) is 4.36. The average molecular weight is 292 g/mol. The van der Waals surface area contributed by atoms with Crippen LogP contribution in [0.15, 0.2) is 22.6 Å². The smallest absolute Gasteiger partial charge is 0.320 e. The van der Waals surface area contributed by atoms with Crippen molar-refractivity contribution in [2.24, 2.45) is 0 Å². The van der Waals surface area contributed by atoms with Crippen molar-refractivity contribution in [2.45, 2.75) is 6.54 Å². The number of aromatic nitrogens is 2. The van der Waals surface area contributed by atoms with Gasteiger partial charge in [-0.2, -0.15) is 0 Å². The molecule has 0 atom stereocenters. The van der Waals surface area contributed by atoms with Gasteiger partial charge < -0.3 is 29.3 Å². The lowest BCUT2D eigenvalue weighted by molar-refractivity contribution is 0.174. The minimum Gasteiger partial charge on any atom is -0.454 e. The van der Waals surface area contributed by atoms with Gasteiger partial charge in [0.05, 0.1) is 13.2 Å². The Morgan fingerprint density at radius 3 is 3.05 bits per heavy atom. The first-order chi connectivity index (χ1) is 10.3. The Morgan fingerprint density at radius 1 is 1.24 bits per heavy atom. The first-order valence-electron chi connectivity index (χ1n) is 6.54. The molecule has 0 unspecified atom stereocenters. The molecular weight excluding hydrogens is 276 g/mol.